The third kappa shape index (κ3) is 2.36. The number of aromatic nitrogens is 1. The second-order valence-corrected chi connectivity index (χ2v) is 4.79. The molecule has 3 rings (SSSR count). The minimum Gasteiger partial charge on any atom is -0.380 e. The van der Waals surface area contributed by atoms with E-state index in [2.05, 4.69) is 5.16 Å². The highest BCUT2D eigenvalue weighted by Gasteiger charge is 2.20. The van der Waals surface area contributed by atoms with Crippen LogP contribution in [0.4, 0.5) is 14.6 Å². The monoisotopic (exact) mass is 306 g/mol. The van der Waals surface area contributed by atoms with Crippen LogP contribution in [-0.2, 0) is 0 Å². The zero-order chi connectivity index (χ0) is 15.0. The molecule has 1 aromatic heterocycles. The molecule has 0 bridgehead atoms. The van der Waals surface area contributed by atoms with E-state index in [9.17, 15) is 8.78 Å². The summed E-state index contributed by atoms with van der Waals surface area (Å²) in [4.78, 5) is 0. The first-order valence-corrected chi connectivity index (χ1v) is 6.41. The van der Waals surface area contributed by atoms with Crippen LogP contribution in [0.3, 0.4) is 0 Å². The first kappa shape index (κ1) is 13.6. The zero-order valence-corrected chi connectivity index (χ0v) is 11.4. The van der Waals surface area contributed by atoms with Gasteiger partial charge in [-0.2, -0.15) is 0 Å². The van der Waals surface area contributed by atoms with Crippen LogP contribution in [0.15, 0.2) is 47.0 Å². The highest BCUT2D eigenvalue weighted by molar-refractivity contribution is 6.31. The summed E-state index contributed by atoms with van der Waals surface area (Å²) in [6, 6.07) is 10.1. The molecule has 0 spiro atoms. The van der Waals surface area contributed by atoms with E-state index in [-0.39, 0.29) is 22.2 Å². The molecule has 0 saturated carbocycles. The third-order valence-corrected chi connectivity index (χ3v) is 3.33. The Kier molecular flexibility index (Phi) is 3.35. The van der Waals surface area contributed by atoms with Gasteiger partial charge in [0.1, 0.15) is 11.6 Å². The lowest BCUT2D eigenvalue weighted by atomic mass is 10.0. The van der Waals surface area contributed by atoms with Crippen molar-refractivity contribution in [1.29, 1.82) is 0 Å². The Morgan fingerprint density at radius 2 is 1.81 bits per heavy atom. The van der Waals surface area contributed by atoms with Crippen molar-refractivity contribution in [3.63, 3.8) is 0 Å². The second kappa shape index (κ2) is 5.18. The topological polar surface area (TPSA) is 52.0 Å². The molecule has 0 saturated heterocycles. The normalized spacial score (nSPS) is 10.8. The summed E-state index contributed by atoms with van der Waals surface area (Å²) in [7, 11) is 0. The van der Waals surface area contributed by atoms with E-state index in [4.69, 9.17) is 21.9 Å². The lowest BCUT2D eigenvalue weighted by Crippen LogP contribution is -1.91. The molecule has 0 aliphatic heterocycles. The minimum atomic E-state index is -0.555. The van der Waals surface area contributed by atoms with Crippen LogP contribution < -0.4 is 5.73 Å². The molecular weight excluding hydrogens is 298 g/mol. The van der Waals surface area contributed by atoms with Gasteiger partial charge in [0.15, 0.2) is 11.6 Å². The maximum atomic E-state index is 14.0. The summed E-state index contributed by atoms with van der Waals surface area (Å²) >= 11 is 5.76. The van der Waals surface area contributed by atoms with Crippen molar-refractivity contribution in [1.82, 2.24) is 5.16 Å². The number of hydrogen-bond acceptors (Lipinski definition) is 3. The number of nitrogens with two attached hydrogens (primary N) is 1. The quantitative estimate of drug-likeness (QED) is 0.757. The van der Waals surface area contributed by atoms with Crippen LogP contribution in [0.1, 0.15) is 0 Å². The Labute approximate surface area is 123 Å². The number of anilines is 1. The second-order valence-electron chi connectivity index (χ2n) is 4.38. The van der Waals surface area contributed by atoms with Gasteiger partial charge >= 0.3 is 0 Å². The predicted octanol–water partition coefficient (Wildman–Crippen LogP) is 4.52. The Morgan fingerprint density at radius 3 is 2.52 bits per heavy atom. The van der Waals surface area contributed by atoms with Gasteiger partial charge in [-0.05, 0) is 24.3 Å². The lowest BCUT2D eigenvalue weighted by molar-refractivity contribution is 0.436. The molecule has 2 aromatic carbocycles. The molecular formula is C15H9ClF2N2O. The molecule has 3 aromatic rings. The summed E-state index contributed by atoms with van der Waals surface area (Å²) in [5.74, 6) is -0.725. The summed E-state index contributed by atoms with van der Waals surface area (Å²) in [5.41, 5.74) is 6.80. The van der Waals surface area contributed by atoms with Crippen LogP contribution in [0.25, 0.3) is 22.5 Å². The van der Waals surface area contributed by atoms with Crippen molar-refractivity contribution >= 4 is 17.4 Å². The molecule has 1 heterocycles. The van der Waals surface area contributed by atoms with Gasteiger partial charge in [0.25, 0.3) is 0 Å². The van der Waals surface area contributed by atoms with Crippen LogP contribution in [0.5, 0.6) is 0 Å². The van der Waals surface area contributed by atoms with Crippen molar-refractivity contribution < 1.29 is 13.3 Å². The van der Waals surface area contributed by atoms with Crippen molar-refractivity contribution in [2.75, 3.05) is 5.73 Å². The van der Waals surface area contributed by atoms with E-state index in [0.29, 0.717) is 11.1 Å². The molecule has 0 amide bonds. The first-order chi connectivity index (χ1) is 10.1. The maximum absolute atomic E-state index is 14.0. The highest BCUT2D eigenvalue weighted by Crippen LogP contribution is 2.38. The standard InChI is InChI=1S/C15H9ClF2N2O/c16-10-7-8(5-6-12(10)18)14-13(15(19)20-21-14)9-3-1-2-4-11(9)17/h1-7H,(H2,19,20). The molecule has 0 aliphatic carbocycles. The van der Waals surface area contributed by atoms with Gasteiger partial charge < -0.3 is 10.3 Å². The average molecular weight is 307 g/mol. The Morgan fingerprint density at radius 1 is 1.05 bits per heavy atom. The fourth-order valence-corrected chi connectivity index (χ4v) is 2.24. The molecule has 2 N–H and O–H groups in total. The van der Waals surface area contributed by atoms with Gasteiger partial charge in [0.05, 0.1) is 10.6 Å². The number of halogens is 3. The summed E-state index contributed by atoms with van der Waals surface area (Å²) in [6.45, 7) is 0. The predicted molar refractivity (Wildman–Crippen MR) is 76.7 cm³/mol. The van der Waals surface area contributed by atoms with Gasteiger partial charge in [-0.25, -0.2) is 8.78 Å². The SMILES string of the molecule is Nc1noc(-c2ccc(F)c(Cl)c2)c1-c1ccccc1F. The zero-order valence-electron chi connectivity index (χ0n) is 10.6. The number of hydrogen-bond donors (Lipinski definition) is 1. The average Bonchev–Trinajstić information content (AvgIpc) is 2.84. The number of benzene rings is 2. The fourth-order valence-electron chi connectivity index (χ4n) is 2.06. The van der Waals surface area contributed by atoms with Crippen molar-refractivity contribution in [2.24, 2.45) is 0 Å². The van der Waals surface area contributed by atoms with Gasteiger partial charge in [-0.1, -0.05) is 35.0 Å². The Bertz CT molecular complexity index is 817. The Hall–Kier alpha value is -2.40. The molecule has 6 heteroatoms. The summed E-state index contributed by atoms with van der Waals surface area (Å²) < 4.78 is 32.4. The summed E-state index contributed by atoms with van der Waals surface area (Å²) in [5, 5.41) is 3.59. The van der Waals surface area contributed by atoms with E-state index in [1.54, 1.807) is 18.2 Å². The van der Waals surface area contributed by atoms with Crippen LogP contribution in [-0.4, -0.2) is 5.16 Å². The Balaban J connectivity index is 2.22. The van der Waals surface area contributed by atoms with E-state index in [1.807, 2.05) is 0 Å². The molecule has 21 heavy (non-hydrogen) atoms. The molecule has 0 fully saturated rings. The third-order valence-electron chi connectivity index (χ3n) is 3.04. The van der Waals surface area contributed by atoms with E-state index in [1.165, 1.54) is 24.3 Å². The molecule has 0 aliphatic rings. The maximum Gasteiger partial charge on any atom is 0.177 e. The van der Waals surface area contributed by atoms with Gasteiger partial charge in [0, 0.05) is 11.1 Å². The van der Waals surface area contributed by atoms with Crippen LogP contribution in [0.2, 0.25) is 5.02 Å². The minimum absolute atomic E-state index is 0.0514. The first-order valence-electron chi connectivity index (χ1n) is 6.03. The molecule has 0 atom stereocenters. The van der Waals surface area contributed by atoms with Gasteiger partial charge in [-0.3, -0.25) is 0 Å². The molecule has 106 valence electrons. The van der Waals surface area contributed by atoms with Crippen molar-refractivity contribution in [3.8, 4) is 22.5 Å². The van der Waals surface area contributed by atoms with Crippen LogP contribution in [0, 0.1) is 11.6 Å². The van der Waals surface area contributed by atoms with Crippen molar-refractivity contribution in [3.05, 3.63) is 59.1 Å². The van der Waals surface area contributed by atoms with Gasteiger partial charge in [-0.15, -0.1) is 0 Å². The largest absolute Gasteiger partial charge is 0.380 e. The lowest BCUT2D eigenvalue weighted by Gasteiger charge is -2.05. The smallest absolute Gasteiger partial charge is 0.177 e. The van der Waals surface area contributed by atoms with E-state index >= 15 is 0 Å². The molecule has 3 nitrogen and oxygen atoms in total. The number of nitrogen functional groups attached to an aromatic ring is 1. The fraction of sp³-hybridized carbons (Fsp3) is 0. The molecule has 0 radical (unpaired) electrons. The number of rotatable bonds is 2. The summed E-state index contributed by atoms with van der Waals surface area (Å²) in [6.07, 6.45) is 0. The van der Waals surface area contributed by atoms with Gasteiger partial charge in [0.2, 0.25) is 0 Å². The van der Waals surface area contributed by atoms with E-state index in [0.717, 1.165) is 0 Å². The van der Waals surface area contributed by atoms with E-state index < -0.39 is 11.6 Å². The highest BCUT2D eigenvalue weighted by atomic mass is 35.5. The number of nitrogens with zero attached hydrogens (tertiary/aromatic N) is 1. The molecule has 0 unspecified atom stereocenters. The van der Waals surface area contributed by atoms with Crippen LogP contribution >= 0.6 is 11.6 Å². The van der Waals surface area contributed by atoms with Crippen molar-refractivity contribution in [2.45, 2.75) is 0 Å².